The first-order valence-corrected chi connectivity index (χ1v) is 48.6. The molecule has 12 aromatic carbocycles. The highest BCUT2D eigenvalue weighted by atomic mass is 19.1. The van der Waals surface area contributed by atoms with Gasteiger partial charge in [-0.3, -0.25) is 38.5 Å². The highest BCUT2D eigenvalue weighted by Crippen LogP contribution is 2.31. The standard InChI is InChI=1S/2C18H17FN2O.3C17H15FN2O.C17H20N2O.C16H14FN3O/c1-12(13-6-4-3-5-7-13)21(2)18(22)17-11-14-10-15(19)8-9-16(14)20-17;1-11-15-10-14(19)8-9-16(15)21-17(11)18(22)20-12(2)13-6-4-3-5-7-13;1-11(12-6-3-2-4-7-12)19-17(21)16-10-13-14(18)8-5-9-15(13)20-16;1-11(12-6-3-2-4-7-12)19-17(21)15-10-13-8-5-9-14(18)16(13)20-15;1-11(12-5-3-2-4-6-12)19-17(21)16-10-13-9-14(18)7-8-15(13)20-16;1-12(13-7-3-2-4-8-13)18-17(20)16-11-14-9-5-6-10-15(14)19-16;1-10(11-4-6-18-7-5-11)19-16(21)15-9-12-8-13(17)2-3-14(12)20-15/h3-12,20H,1-2H3;3-10,12,21H,1-2H3,(H,20,22);3*2-11,20H,1H3,(H,19,21);2-4,7-8,11-12,19H,5-6,9-10H2,1H3,(H,18,20);2-10,20H,1H3,(H,19,21)/t2*12-;2*11-;;12-;/m0001.0./s1. The molecule has 8 aromatic heterocycles. The number of fused-ring (bicyclic) bond motifs is 7. The predicted octanol–water partition coefficient (Wildman–Crippen LogP) is 26.2. The van der Waals surface area contributed by atoms with Crippen LogP contribution in [0.15, 0.2) is 352 Å². The maximum Gasteiger partial charge on any atom is 0.270 e. The summed E-state index contributed by atoms with van der Waals surface area (Å²) in [6.45, 7) is 15.4. The number of pyridine rings is 1. The van der Waals surface area contributed by atoms with Crippen molar-refractivity contribution in [3.8, 4) is 0 Å². The monoisotopic (exact) mass is 1990 g/mol. The molecule has 148 heavy (non-hydrogen) atoms. The summed E-state index contributed by atoms with van der Waals surface area (Å²) in [4.78, 5) is 113. The third kappa shape index (κ3) is 27.0. The molecule has 0 bridgehead atoms. The Hall–Kier alpha value is -17.8. The molecule has 1 aliphatic rings. The van der Waals surface area contributed by atoms with Crippen LogP contribution in [0.25, 0.3) is 65.4 Å². The topological polar surface area (TPSA) is 318 Å². The van der Waals surface area contributed by atoms with Crippen LogP contribution in [-0.4, -0.2) is 93.2 Å². The second-order valence-corrected chi connectivity index (χ2v) is 36.2. The lowest BCUT2D eigenvalue weighted by Gasteiger charge is -2.24. The molecule has 28 heteroatoms. The Morgan fingerprint density at radius 1 is 0.291 bits per heavy atom. The fourth-order valence-electron chi connectivity index (χ4n) is 17.2. The van der Waals surface area contributed by atoms with Crippen LogP contribution in [0, 0.1) is 41.8 Å². The molecule has 21 rings (SSSR count). The van der Waals surface area contributed by atoms with E-state index < -0.39 is 0 Å². The van der Waals surface area contributed by atoms with E-state index in [0.717, 1.165) is 84.8 Å². The highest BCUT2D eigenvalue weighted by Gasteiger charge is 2.26. The van der Waals surface area contributed by atoms with Gasteiger partial charge in [0, 0.05) is 85.0 Å². The van der Waals surface area contributed by atoms with Crippen molar-refractivity contribution in [2.24, 2.45) is 0 Å². The lowest BCUT2D eigenvalue weighted by atomic mass is 9.98. The zero-order chi connectivity index (χ0) is 105. The third-order valence-corrected chi connectivity index (χ3v) is 25.8. The van der Waals surface area contributed by atoms with Crippen LogP contribution >= 0.6 is 0 Å². The second kappa shape index (κ2) is 49.0. The fourth-order valence-corrected chi connectivity index (χ4v) is 17.2. The van der Waals surface area contributed by atoms with Crippen molar-refractivity contribution >= 4 is 107 Å². The predicted molar refractivity (Wildman–Crippen MR) is 570 cm³/mol. The fraction of sp³-hybridized carbons (Fsp3) is 0.167. The number of aromatic amines is 7. The lowest BCUT2D eigenvalue weighted by Crippen LogP contribution is -2.29. The van der Waals surface area contributed by atoms with Gasteiger partial charge in [0.05, 0.1) is 47.8 Å². The Morgan fingerprint density at radius 2 is 0.622 bits per heavy atom. The molecule has 7 atom stereocenters. The first-order valence-electron chi connectivity index (χ1n) is 48.6. The number of para-hydroxylation sites is 1. The van der Waals surface area contributed by atoms with Gasteiger partial charge < -0.3 is 71.7 Å². The quantitative estimate of drug-likeness (QED) is 0.0306. The Balaban J connectivity index is 0.000000129. The molecule has 8 heterocycles. The van der Waals surface area contributed by atoms with Crippen molar-refractivity contribution in [2.45, 2.75) is 123 Å². The average Bonchev–Trinajstić information content (AvgIpc) is 1.67. The minimum atomic E-state index is -0.359. The van der Waals surface area contributed by atoms with Crippen molar-refractivity contribution < 1.29 is 59.9 Å². The molecule has 0 aliphatic heterocycles. The first kappa shape index (κ1) is 105. The van der Waals surface area contributed by atoms with Crippen molar-refractivity contribution in [3.05, 3.63) is 483 Å². The summed E-state index contributed by atoms with van der Waals surface area (Å²) in [5, 5.41) is 21.5. The Kier molecular flexibility index (Phi) is 34.6. The number of halogens is 6. The normalized spacial score (nSPS) is 12.7. The van der Waals surface area contributed by atoms with Gasteiger partial charge in [-0.1, -0.05) is 200 Å². The Morgan fingerprint density at radius 3 is 1.04 bits per heavy atom. The van der Waals surface area contributed by atoms with Crippen molar-refractivity contribution in [1.82, 2.24) is 76.7 Å². The number of H-pyrrole nitrogens is 7. The minimum absolute atomic E-state index is 0.0176. The molecule has 0 saturated carbocycles. The van der Waals surface area contributed by atoms with Gasteiger partial charge in [-0.15, -0.1) is 0 Å². The van der Waals surface area contributed by atoms with Gasteiger partial charge in [-0.2, -0.15) is 0 Å². The van der Waals surface area contributed by atoms with E-state index in [1.807, 2.05) is 256 Å². The molecule has 0 radical (unpaired) electrons. The molecule has 2 unspecified atom stereocenters. The molecular weight excluding hydrogens is 1880 g/mol. The van der Waals surface area contributed by atoms with Gasteiger partial charge in [0.2, 0.25) is 0 Å². The van der Waals surface area contributed by atoms with E-state index >= 15 is 0 Å². The van der Waals surface area contributed by atoms with Gasteiger partial charge in [-0.25, -0.2) is 26.3 Å². The molecule has 1 aliphatic carbocycles. The number of nitrogens with zero attached hydrogens (tertiary/aromatic N) is 2. The number of nitrogens with one attached hydrogen (secondary N) is 13. The average molecular weight is 1990 g/mol. The van der Waals surface area contributed by atoms with Gasteiger partial charge in [0.1, 0.15) is 74.8 Å². The number of aromatic nitrogens is 8. The van der Waals surface area contributed by atoms with Gasteiger partial charge in [0.25, 0.3) is 41.4 Å². The van der Waals surface area contributed by atoms with Crippen LogP contribution in [0.2, 0.25) is 0 Å². The van der Waals surface area contributed by atoms with Crippen LogP contribution in [0.1, 0.15) is 233 Å². The number of carbonyl (C=O) groups is 7. The number of hydrogen-bond donors (Lipinski definition) is 13. The Bertz CT molecular complexity index is 7680. The van der Waals surface area contributed by atoms with Crippen LogP contribution in [0.5, 0.6) is 0 Å². The number of hydrogen-bond acceptors (Lipinski definition) is 8. The van der Waals surface area contributed by atoms with E-state index in [1.54, 1.807) is 97.1 Å². The molecule has 20 aromatic rings. The van der Waals surface area contributed by atoms with Crippen LogP contribution in [0.4, 0.5) is 26.3 Å². The maximum absolute atomic E-state index is 13.6. The summed E-state index contributed by atoms with van der Waals surface area (Å²) in [6.07, 6.45) is 7.97. The molecule has 752 valence electrons. The zero-order valence-electron chi connectivity index (χ0n) is 82.9. The molecule has 0 saturated heterocycles. The number of rotatable bonds is 21. The third-order valence-electron chi connectivity index (χ3n) is 25.8. The van der Waals surface area contributed by atoms with Gasteiger partial charge in [-0.05, 0) is 271 Å². The summed E-state index contributed by atoms with van der Waals surface area (Å²) < 4.78 is 80.2. The summed E-state index contributed by atoms with van der Waals surface area (Å²) >= 11 is 0. The van der Waals surface area contributed by atoms with Gasteiger partial charge >= 0.3 is 0 Å². The SMILES string of the molecule is CC(NC(=O)c1cc2cc(F)ccc2[nH]1)c1ccccc1.CC(NC(=O)c1cc2cc(F)ccc2[nH]1)c1ccncc1.C[C@@H](NC(=O)c1cc2cccc(F)c2[nH]1)c1ccccc1.C[C@@H](c1ccccc1)N(C)C(=O)c1cc2cc(F)ccc2[nH]1.C[C@H](NC(=O)c1cc2c(F)cccc2[nH]1)c1ccccc1.C[C@H](NC(=O)c1cc2c([nH]1)CCCC2)c1ccccc1.Cc1c(C(=O)N[C@@H](C)c2ccccc2)[nH]c2ccc(F)cc12. The lowest BCUT2D eigenvalue weighted by molar-refractivity contribution is 0.0736. The smallest absolute Gasteiger partial charge is 0.270 e. The van der Waals surface area contributed by atoms with E-state index in [0.29, 0.717) is 77.8 Å². The zero-order valence-corrected chi connectivity index (χ0v) is 82.9. The van der Waals surface area contributed by atoms with Crippen molar-refractivity contribution in [2.75, 3.05) is 7.05 Å². The van der Waals surface area contributed by atoms with E-state index in [9.17, 15) is 59.9 Å². The molecule has 0 spiro atoms. The summed E-state index contributed by atoms with van der Waals surface area (Å²) in [7, 11) is 1.77. The van der Waals surface area contributed by atoms with Crippen LogP contribution < -0.4 is 31.9 Å². The number of amides is 7. The molecule has 13 N–H and O–H groups in total. The van der Waals surface area contributed by atoms with Crippen LogP contribution in [-0.2, 0) is 12.8 Å². The number of carbonyl (C=O) groups excluding carboxylic acids is 7. The van der Waals surface area contributed by atoms with E-state index in [4.69, 9.17) is 0 Å². The molecular formula is C120H113F6N15O7. The summed E-state index contributed by atoms with van der Waals surface area (Å²) in [5.74, 6) is -3.20. The maximum atomic E-state index is 13.6. The van der Waals surface area contributed by atoms with E-state index in [-0.39, 0.29) is 119 Å². The second-order valence-electron chi connectivity index (χ2n) is 36.2. The van der Waals surface area contributed by atoms with Gasteiger partial charge in [0.15, 0.2) is 0 Å². The summed E-state index contributed by atoms with van der Waals surface area (Å²) in [5.41, 5.74) is 17.8. The van der Waals surface area contributed by atoms with Crippen molar-refractivity contribution in [1.29, 1.82) is 0 Å². The molecule has 7 amide bonds. The molecule has 0 fully saturated rings. The number of benzene rings is 12. The summed E-state index contributed by atoms with van der Waals surface area (Å²) in [6, 6.07) is 99.3. The highest BCUT2D eigenvalue weighted by molar-refractivity contribution is 6.04. The van der Waals surface area contributed by atoms with Crippen molar-refractivity contribution in [3.63, 3.8) is 0 Å². The minimum Gasteiger partial charge on any atom is -0.354 e. The van der Waals surface area contributed by atoms with E-state index in [2.05, 4.69) is 71.8 Å². The first-order chi connectivity index (χ1) is 71.4. The largest absolute Gasteiger partial charge is 0.354 e. The number of aryl methyl sites for hydroxylation is 3. The van der Waals surface area contributed by atoms with E-state index in [1.165, 1.54) is 90.8 Å². The Labute approximate surface area is 851 Å². The van der Waals surface area contributed by atoms with Crippen LogP contribution in [0.3, 0.4) is 0 Å². The molecule has 22 nitrogen and oxygen atoms in total.